The number of hydrazine groups is 1. The fourth-order valence-corrected chi connectivity index (χ4v) is 2.47. The molecule has 0 aliphatic carbocycles. The molecule has 0 aliphatic rings. The van der Waals surface area contributed by atoms with Crippen molar-refractivity contribution in [3.05, 3.63) is 28.3 Å². The van der Waals surface area contributed by atoms with Crippen molar-refractivity contribution in [2.24, 2.45) is 5.84 Å². The SMILES string of the molecule is CNC(=O)CNS(=O)(=O)c1cc(NN)ccc1[N+](=O)[O-]. The van der Waals surface area contributed by atoms with Crippen molar-refractivity contribution < 1.29 is 18.1 Å². The van der Waals surface area contributed by atoms with Crippen molar-refractivity contribution in [3.8, 4) is 0 Å². The molecule has 0 spiro atoms. The number of sulfonamides is 1. The van der Waals surface area contributed by atoms with Gasteiger partial charge in [0.1, 0.15) is 0 Å². The number of nitrogens with zero attached hydrogens (tertiary/aromatic N) is 1. The number of nitrogen functional groups attached to an aromatic ring is 1. The minimum absolute atomic E-state index is 0.177. The second-order valence-electron chi connectivity index (χ2n) is 3.58. The number of benzene rings is 1. The molecular formula is C9H13N5O5S. The van der Waals surface area contributed by atoms with Gasteiger partial charge in [-0.1, -0.05) is 0 Å². The summed E-state index contributed by atoms with van der Waals surface area (Å²) < 4.78 is 25.9. The molecule has 0 fully saturated rings. The highest BCUT2D eigenvalue weighted by Gasteiger charge is 2.26. The maximum Gasteiger partial charge on any atom is 0.289 e. The number of amides is 1. The molecule has 0 radical (unpaired) electrons. The second kappa shape index (κ2) is 6.27. The first-order valence-electron chi connectivity index (χ1n) is 5.27. The van der Waals surface area contributed by atoms with Crippen LogP contribution in [0.15, 0.2) is 23.1 Å². The summed E-state index contributed by atoms with van der Waals surface area (Å²) in [5.41, 5.74) is 1.75. The number of carbonyl (C=O) groups is 1. The zero-order chi connectivity index (χ0) is 15.3. The summed E-state index contributed by atoms with van der Waals surface area (Å²) in [6, 6.07) is 3.27. The van der Waals surface area contributed by atoms with E-state index in [1.807, 2.05) is 4.72 Å². The predicted molar refractivity (Wildman–Crippen MR) is 70.2 cm³/mol. The van der Waals surface area contributed by atoms with Gasteiger partial charge in [0.15, 0.2) is 4.90 Å². The van der Waals surface area contributed by atoms with E-state index in [9.17, 15) is 23.3 Å². The number of anilines is 1. The van der Waals surface area contributed by atoms with E-state index in [1.165, 1.54) is 13.1 Å². The van der Waals surface area contributed by atoms with Gasteiger partial charge < -0.3 is 10.7 Å². The number of likely N-dealkylation sites (N-methyl/N-ethyl adjacent to an activating group) is 1. The lowest BCUT2D eigenvalue weighted by Crippen LogP contribution is -2.35. The van der Waals surface area contributed by atoms with Gasteiger partial charge in [-0.05, 0) is 12.1 Å². The zero-order valence-electron chi connectivity index (χ0n) is 10.4. The molecule has 0 unspecified atom stereocenters. The number of nitrogens with one attached hydrogen (secondary N) is 3. The van der Waals surface area contributed by atoms with E-state index >= 15 is 0 Å². The van der Waals surface area contributed by atoms with Gasteiger partial charge in [0.25, 0.3) is 5.69 Å². The fraction of sp³-hybridized carbons (Fsp3) is 0.222. The van der Waals surface area contributed by atoms with Gasteiger partial charge in [0.05, 0.1) is 17.2 Å². The average molecular weight is 303 g/mol. The first kappa shape index (κ1) is 15.8. The van der Waals surface area contributed by atoms with E-state index < -0.39 is 38.0 Å². The molecule has 5 N–H and O–H groups in total. The Labute approximate surface area is 114 Å². The molecule has 0 saturated heterocycles. The molecule has 0 heterocycles. The van der Waals surface area contributed by atoms with E-state index in [-0.39, 0.29) is 5.69 Å². The van der Waals surface area contributed by atoms with E-state index in [0.717, 1.165) is 12.1 Å². The number of nitro benzene ring substituents is 1. The van der Waals surface area contributed by atoms with Crippen LogP contribution in [0.5, 0.6) is 0 Å². The minimum atomic E-state index is -4.22. The molecule has 0 bridgehead atoms. The van der Waals surface area contributed by atoms with Gasteiger partial charge in [-0.15, -0.1) is 0 Å². The smallest absolute Gasteiger partial charge is 0.289 e. The van der Waals surface area contributed by atoms with Gasteiger partial charge >= 0.3 is 0 Å². The Hall–Kier alpha value is -2.24. The van der Waals surface area contributed by atoms with Crippen LogP contribution in [0.4, 0.5) is 11.4 Å². The highest BCUT2D eigenvalue weighted by atomic mass is 32.2. The first-order valence-corrected chi connectivity index (χ1v) is 6.75. The highest BCUT2D eigenvalue weighted by molar-refractivity contribution is 7.89. The molecule has 0 aromatic heterocycles. The summed E-state index contributed by atoms with van der Waals surface area (Å²) in [4.78, 5) is 20.5. The average Bonchev–Trinajstić information content (AvgIpc) is 2.43. The van der Waals surface area contributed by atoms with E-state index in [1.54, 1.807) is 0 Å². The van der Waals surface area contributed by atoms with Gasteiger partial charge in [-0.2, -0.15) is 0 Å². The van der Waals surface area contributed by atoms with Crippen LogP contribution < -0.4 is 21.3 Å². The molecule has 11 heteroatoms. The monoisotopic (exact) mass is 303 g/mol. The highest BCUT2D eigenvalue weighted by Crippen LogP contribution is 2.26. The Morgan fingerprint density at radius 2 is 2.10 bits per heavy atom. The fourth-order valence-electron chi connectivity index (χ4n) is 1.30. The quantitative estimate of drug-likeness (QED) is 0.295. The van der Waals surface area contributed by atoms with Crippen LogP contribution in [-0.2, 0) is 14.8 Å². The molecule has 20 heavy (non-hydrogen) atoms. The van der Waals surface area contributed by atoms with Crippen molar-refractivity contribution in [1.82, 2.24) is 10.0 Å². The number of carbonyl (C=O) groups excluding carboxylic acids is 1. The molecule has 0 saturated carbocycles. The lowest BCUT2D eigenvalue weighted by atomic mass is 10.3. The number of rotatable bonds is 6. The van der Waals surface area contributed by atoms with Crippen molar-refractivity contribution in [1.29, 1.82) is 0 Å². The maximum absolute atomic E-state index is 12.0. The van der Waals surface area contributed by atoms with Crippen LogP contribution >= 0.6 is 0 Å². The van der Waals surface area contributed by atoms with Crippen molar-refractivity contribution in [2.75, 3.05) is 19.0 Å². The topological polar surface area (TPSA) is 156 Å². The molecule has 10 nitrogen and oxygen atoms in total. The molecule has 0 atom stereocenters. The standard InChI is InChI=1S/C9H13N5O5S/c1-11-9(15)5-12-20(18,19)8-4-6(13-10)2-3-7(8)14(16)17/h2-4,12-13H,5,10H2,1H3,(H,11,15). The number of hydrogen-bond donors (Lipinski definition) is 4. The number of nitrogens with two attached hydrogens (primary N) is 1. The van der Waals surface area contributed by atoms with Crippen LogP contribution in [0.2, 0.25) is 0 Å². The lowest BCUT2D eigenvalue weighted by molar-refractivity contribution is -0.387. The Morgan fingerprint density at radius 1 is 1.45 bits per heavy atom. The van der Waals surface area contributed by atoms with Gasteiger partial charge in [0, 0.05) is 13.1 Å². The van der Waals surface area contributed by atoms with Gasteiger partial charge in [-0.25, -0.2) is 13.1 Å². The molecule has 110 valence electrons. The normalized spacial score (nSPS) is 10.9. The third-order valence-electron chi connectivity index (χ3n) is 2.31. The van der Waals surface area contributed by atoms with Gasteiger partial charge in [-0.3, -0.25) is 20.8 Å². The maximum atomic E-state index is 12.0. The summed E-state index contributed by atoms with van der Waals surface area (Å²) in [7, 11) is -2.89. The van der Waals surface area contributed by atoms with Crippen molar-refractivity contribution in [2.45, 2.75) is 4.90 Å². The van der Waals surface area contributed by atoms with Crippen molar-refractivity contribution in [3.63, 3.8) is 0 Å². The molecule has 1 aromatic rings. The van der Waals surface area contributed by atoms with Crippen LogP contribution in [0.25, 0.3) is 0 Å². The van der Waals surface area contributed by atoms with E-state index in [4.69, 9.17) is 5.84 Å². The zero-order valence-corrected chi connectivity index (χ0v) is 11.2. The van der Waals surface area contributed by atoms with Crippen LogP contribution in [0.3, 0.4) is 0 Å². The van der Waals surface area contributed by atoms with Crippen LogP contribution in [0, 0.1) is 10.1 Å². The predicted octanol–water partition coefficient (Wildman–Crippen LogP) is -1.10. The van der Waals surface area contributed by atoms with Gasteiger partial charge in [0.2, 0.25) is 15.9 Å². The molecule has 1 aromatic carbocycles. The van der Waals surface area contributed by atoms with E-state index in [2.05, 4.69) is 10.7 Å². The van der Waals surface area contributed by atoms with Crippen molar-refractivity contribution >= 4 is 27.3 Å². The second-order valence-corrected chi connectivity index (χ2v) is 5.32. The molecular weight excluding hydrogens is 290 g/mol. The lowest BCUT2D eigenvalue weighted by Gasteiger charge is -2.08. The summed E-state index contributed by atoms with van der Waals surface area (Å²) in [5.74, 6) is 4.55. The minimum Gasteiger partial charge on any atom is -0.358 e. The Morgan fingerprint density at radius 3 is 2.60 bits per heavy atom. The summed E-state index contributed by atoms with van der Waals surface area (Å²) in [5, 5.41) is 13.1. The first-order chi connectivity index (χ1) is 9.31. The third-order valence-corrected chi connectivity index (χ3v) is 3.74. The van der Waals surface area contributed by atoms with Crippen LogP contribution in [0.1, 0.15) is 0 Å². The summed E-state index contributed by atoms with van der Waals surface area (Å²) in [6.07, 6.45) is 0. The number of hydrogen-bond acceptors (Lipinski definition) is 7. The van der Waals surface area contributed by atoms with E-state index in [0.29, 0.717) is 0 Å². The Kier molecular flexibility index (Phi) is 4.96. The number of nitro groups is 1. The largest absolute Gasteiger partial charge is 0.358 e. The molecule has 1 amide bonds. The summed E-state index contributed by atoms with van der Waals surface area (Å²) in [6.45, 7) is -0.531. The Balaban J connectivity index is 3.21. The molecule has 1 rings (SSSR count). The summed E-state index contributed by atoms with van der Waals surface area (Å²) >= 11 is 0. The molecule has 0 aliphatic heterocycles. The third kappa shape index (κ3) is 3.63. The van der Waals surface area contributed by atoms with Crippen LogP contribution in [-0.4, -0.2) is 32.8 Å². The Bertz CT molecular complexity index is 630.